The van der Waals surface area contributed by atoms with Crippen molar-refractivity contribution < 1.29 is 14.3 Å². The van der Waals surface area contributed by atoms with Crippen LogP contribution >= 0.6 is 22.6 Å². The van der Waals surface area contributed by atoms with E-state index in [1.54, 1.807) is 0 Å². The Balaban J connectivity index is 2.10. The minimum atomic E-state index is -0.298. The van der Waals surface area contributed by atoms with Gasteiger partial charge >= 0.3 is 5.97 Å². The summed E-state index contributed by atoms with van der Waals surface area (Å²) >= 11 is 1.98. The quantitative estimate of drug-likeness (QED) is 0.452. The predicted molar refractivity (Wildman–Crippen MR) is 74.0 cm³/mol. The van der Waals surface area contributed by atoms with E-state index in [-0.39, 0.29) is 15.8 Å². The van der Waals surface area contributed by atoms with Crippen molar-refractivity contribution in [1.82, 2.24) is 5.32 Å². The third kappa shape index (κ3) is 5.70. The van der Waals surface area contributed by atoms with Crippen LogP contribution in [0.15, 0.2) is 0 Å². The van der Waals surface area contributed by atoms with E-state index in [1.807, 2.05) is 22.6 Å². The number of carbonyl (C=O) groups excluding carboxylic acids is 2. The van der Waals surface area contributed by atoms with Crippen molar-refractivity contribution in [3.8, 4) is 0 Å². The van der Waals surface area contributed by atoms with Gasteiger partial charge in [-0.15, -0.1) is 0 Å². The molecule has 5 heteroatoms. The number of hydrogen-bond donors (Lipinski definition) is 1. The molecule has 4 nitrogen and oxygen atoms in total. The Morgan fingerprint density at radius 2 is 2.06 bits per heavy atom. The number of halogens is 1. The van der Waals surface area contributed by atoms with Gasteiger partial charge in [0.25, 0.3) is 0 Å². The second-order valence-corrected chi connectivity index (χ2v) is 5.99. The maximum absolute atomic E-state index is 11.5. The second-order valence-electron chi connectivity index (χ2n) is 4.48. The van der Waals surface area contributed by atoms with Crippen LogP contribution < -0.4 is 5.32 Å². The molecule has 1 amide bonds. The summed E-state index contributed by atoms with van der Waals surface area (Å²) in [6.07, 6.45) is 6.72. The van der Waals surface area contributed by atoms with Crippen LogP contribution in [0.5, 0.6) is 0 Å². The molecule has 0 bridgehead atoms. The summed E-state index contributed by atoms with van der Waals surface area (Å²) < 4.78 is 4.29. The molecule has 1 saturated carbocycles. The van der Waals surface area contributed by atoms with Gasteiger partial charge in [-0.05, 0) is 12.3 Å². The van der Waals surface area contributed by atoms with E-state index in [1.165, 1.54) is 32.8 Å². The molecule has 98 valence electrons. The van der Waals surface area contributed by atoms with Crippen molar-refractivity contribution in [1.29, 1.82) is 0 Å². The van der Waals surface area contributed by atoms with Crippen molar-refractivity contribution in [2.45, 2.75) is 42.4 Å². The Bertz CT molecular complexity index is 264. The molecular weight excluding hydrogens is 333 g/mol. The fraction of sp³-hybridized carbons (Fsp3) is 0.833. The molecule has 17 heavy (non-hydrogen) atoms. The molecule has 0 aromatic rings. The smallest absolute Gasteiger partial charge is 0.320 e. The average Bonchev–Trinajstić information content (AvgIpc) is 2.85. The molecule has 0 spiro atoms. The lowest BCUT2D eigenvalue weighted by molar-refractivity contribution is -0.139. The molecule has 1 N–H and O–H groups in total. The predicted octanol–water partition coefficient (Wildman–Crippen LogP) is 2.05. The van der Waals surface area contributed by atoms with E-state index in [0.29, 0.717) is 13.0 Å². The highest BCUT2D eigenvalue weighted by Crippen LogP contribution is 2.28. The number of alkyl halides is 1. The van der Waals surface area contributed by atoms with Gasteiger partial charge in [-0.2, -0.15) is 0 Å². The monoisotopic (exact) mass is 353 g/mol. The molecular formula is C12H20INO3. The van der Waals surface area contributed by atoms with E-state index in [4.69, 9.17) is 0 Å². The van der Waals surface area contributed by atoms with Crippen molar-refractivity contribution in [2.75, 3.05) is 13.7 Å². The summed E-state index contributed by atoms with van der Waals surface area (Å²) in [5.41, 5.74) is 0. The molecule has 0 heterocycles. The van der Waals surface area contributed by atoms with Crippen LogP contribution in [-0.2, 0) is 14.3 Å². The first-order valence-electron chi connectivity index (χ1n) is 6.12. The number of ether oxygens (including phenoxy) is 1. The first-order valence-corrected chi connectivity index (χ1v) is 7.36. The first kappa shape index (κ1) is 14.7. The second kappa shape index (κ2) is 7.89. The number of methoxy groups -OCH3 is 1. The zero-order valence-electron chi connectivity index (χ0n) is 10.2. The van der Waals surface area contributed by atoms with Gasteiger partial charge in [0.05, 0.1) is 7.11 Å². The number of carbonyl (C=O) groups is 2. The summed E-state index contributed by atoms with van der Waals surface area (Å²) in [6, 6.07) is 0. The standard InChI is InChI=1S/C12H20INO3/c1-17-12(16)10(13)8-14-11(15)7-6-9-4-2-3-5-9/h9-10H,2-8H2,1H3,(H,14,15). The highest BCUT2D eigenvalue weighted by atomic mass is 127. The Hall–Kier alpha value is -0.330. The highest BCUT2D eigenvalue weighted by Gasteiger charge is 2.18. The SMILES string of the molecule is COC(=O)C(I)CNC(=O)CCC1CCCC1. The summed E-state index contributed by atoms with van der Waals surface area (Å²) in [4.78, 5) is 22.7. The molecule has 1 unspecified atom stereocenters. The molecule has 0 radical (unpaired) electrons. The van der Waals surface area contributed by atoms with Crippen molar-refractivity contribution in [3.63, 3.8) is 0 Å². The van der Waals surface area contributed by atoms with Crippen molar-refractivity contribution in [3.05, 3.63) is 0 Å². The van der Waals surface area contributed by atoms with E-state index in [0.717, 1.165) is 12.3 Å². The van der Waals surface area contributed by atoms with E-state index in [9.17, 15) is 9.59 Å². The first-order chi connectivity index (χ1) is 8.13. The number of nitrogens with one attached hydrogen (secondary N) is 1. The highest BCUT2D eigenvalue weighted by molar-refractivity contribution is 14.1. The van der Waals surface area contributed by atoms with Crippen LogP contribution in [0.25, 0.3) is 0 Å². The third-order valence-corrected chi connectivity index (χ3v) is 4.14. The van der Waals surface area contributed by atoms with Gasteiger partial charge in [-0.1, -0.05) is 48.3 Å². The molecule has 1 aliphatic carbocycles. The summed E-state index contributed by atoms with van der Waals surface area (Å²) in [6.45, 7) is 0.358. The molecule has 0 aromatic carbocycles. The lowest BCUT2D eigenvalue weighted by Gasteiger charge is -2.11. The maximum atomic E-state index is 11.5. The summed E-state index contributed by atoms with van der Waals surface area (Å²) in [5.74, 6) is 0.487. The Morgan fingerprint density at radius 1 is 1.41 bits per heavy atom. The van der Waals surface area contributed by atoms with Crippen LogP contribution in [0.2, 0.25) is 0 Å². The van der Waals surface area contributed by atoms with Crippen molar-refractivity contribution in [2.24, 2.45) is 5.92 Å². The molecule has 0 saturated heterocycles. The summed E-state index contributed by atoms with van der Waals surface area (Å²) in [7, 11) is 1.36. The number of amides is 1. The summed E-state index contributed by atoms with van der Waals surface area (Å²) in [5, 5.41) is 2.77. The van der Waals surface area contributed by atoms with E-state index in [2.05, 4.69) is 10.1 Å². The fourth-order valence-corrected chi connectivity index (χ4v) is 2.61. The van der Waals surface area contributed by atoms with Gasteiger partial charge in [0.15, 0.2) is 0 Å². The normalized spacial score (nSPS) is 17.8. The molecule has 0 aliphatic heterocycles. The van der Waals surface area contributed by atoms with Crippen LogP contribution in [0.4, 0.5) is 0 Å². The van der Waals surface area contributed by atoms with Crippen molar-refractivity contribution >= 4 is 34.5 Å². The van der Waals surface area contributed by atoms with E-state index >= 15 is 0 Å². The molecule has 1 atom stereocenters. The van der Waals surface area contributed by atoms with Gasteiger partial charge in [-0.3, -0.25) is 9.59 Å². The average molecular weight is 353 g/mol. The van der Waals surface area contributed by atoms with Gasteiger partial charge in [-0.25, -0.2) is 0 Å². The minimum absolute atomic E-state index is 0.0440. The Morgan fingerprint density at radius 3 is 2.65 bits per heavy atom. The number of esters is 1. The molecule has 1 rings (SSSR count). The van der Waals surface area contributed by atoms with Gasteiger partial charge in [0, 0.05) is 13.0 Å². The van der Waals surface area contributed by atoms with Crippen LogP contribution in [-0.4, -0.2) is 29.5 Å². The van der Waals surface area contributed by atoms with Gasteiger partial charge in [0.1, 0.15) is 3.92 Å². The topological polar surface area (TPSA) is 55.4 Å². The lowest BCUT2D eigenvalue weighted by atomic mass is 10.0. The fourth-order valence-electron chi connectivity index (χ4n) is 2.14. The van der Waals surface area contributed by atoms with Crippen LogP contribution in [0.3, 0.4) is 0 Å². The Kier molecular flexibility index (Phi) is 6.84. The Labute approximate surface area is 116 Å². The molecule has 1 aliphatic rings. The van der Waals surface area contributed by atoms with Gasteiger partial charge in [0.2, 0.25) is 5.91 Å². The third-order valence-electron chi connectivity index (χ3n) is 3.19. The number of hydrogen-bond acceptors (Lipinski definition) is 3. The van der Waals surface area contributed by atoms with Crippen LogP contribution in [0.1, 0.15) is 38.5 Å². The molecule has 1 fully saturated rings. The van der Waals surface area contributed by atoms with E-state index < -0.39 is 0 Å². The minimum Gasteiger partial charge on any atom is -0.468 e. The van der Waals surface area contributed by atoms with Crippen LogP contribution in [0, 0.1) is 5.92 Å². The zero-order chi connectivity index (χ0) is 12.7. The lowest BCUT2D eigenvalue weighted by Crippen LogP contribution is -2.33. The maximum Gasteiger partial charge on any atom is 0.320 e. The van der Waals surface area contributed by atoms with Gasteiger partial charge < -0.3 is 10.1 Å². The largest absolute Gasteiger partial charge is 0.468 e. The number of rotatable bonds is 6. The zero-order valence-corrected chi connectivity index (χ0v) is 12.4. The molecule has 0 aromatic heterocycles.